The van der Waals surface area contributed by atoms with Crippen LogP contribution in [0.2, 0.25) is 0 Å². The second-order valence-corrected chi connectivity index (χ2v) is 12.1. The van der Waals surface area contributed by atoms with E-state index in [9.17, 15) is 0 Å². The molecule has 0 aliphatic rings. The van der Waals surface area contributed by atoms with Crippen molar-refractivity contribution in [1.29, 1.82) is 0 Å². The first kappa shape index (κ1) is 19.3. The molecule has 0 aromatic rings. The Morgan fingerprint density at radius 1 is 0.889 bits per heavy atom. The molecule has 0 aromatic carbocycles. The van der Waals surface area contributed by atoms with E-state index >= 15 is 0 Å². The minimum absolute atomic E-state index is 0.0298. The number of halogens is 2. The van der Waals surface area contributed by atoms with Gasteiger partial charge in [-0.15, -0.1) is 12.6 Å². The molecule has 0 aromatic heterocycles. The van der Waals surface area contributed by atoms with Crippen LogP contribution in [0, 0.1) is 0 Å². The van der Waals surface area contributed by atoms with Crippen LogP contribution >= 0.6 is 44.5 Å². The van der Waals surface area contributed by atoms with Gasteiger partial charge in [0.25, 0.3) is 0 Å². The van der Waals surface area contributed by atoms with Crippen molar-refractivity contribution in [1.82, 2.24) is 0 Å². The fourth-order valence-corrected chi connectivity index (χ4v) is 4.43. The Kier molecular flexibility index (Phi) is 6.81. The molecule has 0 aliphatic heterocycles. The lowest BCUT2D eigenvalue weighted by Gasteiger charge is -2.42. The minimum atomic E-state index is -0.435. The third-order valence-electron chi connectivity index (χ3n) is 2.76. The van der Waals surface area contributed by atoms with Crippen LogP contribution < -0.4 is 0 Å². The number of ether oxygens (including phenoxy) is 1. The normalized spacial score (nSPS) is 20.3. The molecule has 1 nitrogen and oxygen atoms in total. The standard InChI is InChI=1S/C14H28Br2OS/c1-8-13(6,9-11(2,3)15)17-14(7,18)10-12(4,5)16/h18H,8-10H2,1-7H3. The Morgan fingerprint density at radius 2 is 1.28 bits per heavy atom. The third-order valence-corrected chi connectivity index (χ3v) is 3.57. The van der Waals surface area contributed by atoms with Gasteiger partial charge in [-0.05, 0) is 54.4 Å². The molecule has 0 aliphatic carbocycles. The summed E-state index contributed by atoms with van der Waals surface area (Å²) in [7, 11) is 0. The highest BCUT2D eigenvalue weighted by atomic mass is 79.9. The van der Waals surface area contributed by atoms with Crippen LogP contribution in [0.1, 0.15) is 67.7 Å². The molecule has 0 saturated carbocycles. The van der Waals surface area contributed by atoms with E-state index in [-0.39, 0.29) is 14.2 Å². The average Bonchev–Trinajstić information content (AvgIpc) is 1.93. The van der Waals surface area contributed by atoms with Gasteiger partial charge in [0.05, 0.1) is 5.60 Å². The third kappa shape index (κ3) is 9.22. The average molecular weight is 404 g/mol. The maximum atomic E-state index is 6.33. The fourth-order valence-electron chi connectivity index (χ4n) is 2.47. The Bertz CT molecular complexity index is 266. The van der Waals surface area contributed by atoms with Crippen molar-refractivity contribution in [3.05, 3.63) is 0 Å². The summed E-state index contributed by atoms with van der Waals surface area (Å²) in [6.45, 7) is 15.0. The Labute approximate surface area is 135 Å². The van der Waals surface area contributed by atoms with Gasteiger partial charge in [0.2, 0.25) is 0 Å². The van der Waals surface area contributed by atoms with Crippen molar-refractivity contribution in [2.24, 2.45) is 0 Å². The molecule has 0 radical (unpaired) electrons. The second kappa shape index (κ2) is 6.36. The SMILES string of the molecule is CCC(C)(CC(C)(C)Br)OC(C)(S)CC(C)(C)Br. The van der Waals surface area contributed by atoms with E-state index in [1.807, 2.05) is 6.92 Å². The highest BCUT2D eigenvalue weighted by Crippen LogP contribution is 2.40. The Hall–Kier alpha value is 1.27. The van der Waals surface area contributed by atoms with Gasteiger partial charge in [-0.1, -0.05) is 38.8 Å². The summed E-state index contributed by atoms with van der Waals surface area (Å²) in [5.41, 5.74) is -0.165. The summed E-state index contributed by atoms with van der Waals surface area (Å²) >= 11 is 12.1. The summed E-state index contributed by atoms with van der Waals surface area (Å²) in [6.07, 6.45) is 2.78. The van der Waals surface area contributed by atoms with Crippen LogP contribution in [0.4, 0.5) is 0 Å². The van der Waals surface area contributed by atoms with E-state index in [1.54, 1.807) is 0 Å². The van der Waals surface area contributed by atoms with Gasteiger partial charge < -0.3 is 4.74 Å². The first-order valence-electron chi connectivity index (χ1n) is 6.48. The lowest BCUT2D eigenvalue weighted by Crippen LogP contribution is -2.43. The van der Waals surface area contributed by atoms with Gasteiger partial charge >= 0.3 is 0 Å². The molecule has 0 heterocycles. The van der Waals surface area contributed by atoms with Crippen LogP contribution in [0.15, 0.2) is 0 Å². The van der Waals surface area contributed by atoms with Crippen molar-refractivity contribution < 1.29 is 4.74 Å². The zero-order chi connectivity index (χ0) is 14.8. The minimum Gasteiger partial charge on any atom is -0.359 e. The zero-order valence-electron chi connectivity index (χ0n) is 12.7. The summed E-state index contributed by atoms with van der Waals surface area (Å²) in [6, 6.07) is 0. The van der Waals surface area contributed by atoms with Gasteiger partial charge in [-0.25, -0.2) is 0 Å². The quantitative estimate of drug-likeness (QED) is 0.314. The van der Waals surface area contributed by atoms with Gasteiger partial charge in [-0.3, -0.25) is 0 Å². The molecule has 0 amide bonds. The molecule has 0 N–H and O–H groups in total. The van der Waals surface area contributed by atoms with E-state index in [0.717, 1.165) is 19.3 Å². The van der Waals surface area contributed by atoms with Crippen LogP contribution in [0.5, 0.6) is 0 Å². The second-order valence-electron chi connectivity index (χ2n) is 6.87. The lowest BCUT2D eigenvalue weighted by molar-refractivity contribution is -0.107. The van der Waals surface area contributed by atoms with E-state index in [1.165, 1.54) is 0 Å². The van der Waals surface area contributed by atoms with E-state index in [0.29, 0.717) is 0 Å². The number of hydrogen-bond acceptors (Lipinski definition) is 2. The first-order valence-corrected chi connectivity index (χ1v) is 8.52. The van der Waals surface area contributed by atoms with Crippen molar-refractivity contribution in [2.75, 3.05) is 0 Å². The summed E-state index contributed by atoms with van der Waals surface area (Å²) in [5, 5.41) is 0. The maximum Gasteiger partial charge on any atom is 0.110 e. The Morgan fingerprint density at radius 3 is 1.56 bits per heavy atom. The molecular weight excluding hydrogens is 376 g/mol. The predicted molar refractivity (Wildman–Crippen MR) is 92.4 cm³/mol. The van der Waals surface area contributed by atoms with Crippen molar-refractivity contribution >= 4 is 44.5 Å². The van der Waals surface area contributed by atoms with Gasteiger partial charge in [-0.2, -0.15) is 0 Å². The smallest absolute Gasteiger partial charge is 0.110 e. The summed E-state index contributed by atoms with van der Waals surface area (Å²) < 4.78 is 6.44. The molecule has 0 spiro atoms. The van der Waals surface area contributed by atoms with Crippen molar-refractivity contribution in [2.45, 2.75) is 86.9 Å². The summed E-state index contributed by atoms with van der Waals surface area (Å²) in [5.74, 6) is 0. The van der Waals surface area contributed by atoms with Crippen LogP contribution in [-0.2, 0) is 4.74 Å². The van der Waals surface area contributed by atoms with Crippen molar-refractivity contribution in [3.63, 3.8) is 0 Å². The van der Waals surface area contributed by atoms with E-state index in [4.69, 9.17) is 17.4 Å². The molecule has 0 rings (SSSR count). The molecule has 110 valence electrons. The largest absolute Gasteiger partial charge is 0.359 e. The zero-order valence-corrected chi connectivity index (χ0v) is 16.8. The molecule has 2 unspecified atom stereocenters. The van der Waals surface area contributed by atoms with Crippen LogP contribution in [0.25, 0.3) is 0 Å². The topological polar surface area (TPSA) is 9.23 Å². The molecule has 0 bridgehead atoms. The number of alkyl halides is 2. The Balaban J connectivity index is 4.80. The molecule has 0 saturated heterocycles. The highest BCUT2D eigenvalue weighted by molar-refractivity contribution is 9.10. The highest BCUT2D eigenvalue weighted by Gasteiger charge is 2.38. The number of rotatable bonds is 7. The fraction of sp³-hybridized carbons (Fsp3) is 1.00. The number of hydrogen-bond donors (Lipinski definition) is 1. The van der Waals surface area contributed by atoms with E-state index < -0.39 is 4.93 Å². The van der Waals surface area contributed by atoms with Gasteiger partial charge in [0.1, 0.15) is 4.93 Å². The first-order chi connectivity index (χ1) is 7.68. The molecule has 2 atom stereocenters. The molecule has 0 fully saturated rings. The van der Waals surface area contributed by atoms with E-state index in [2.05, 4.69) is 73.4 Å². The van der Waals surface area contributed by atoms with Crippen LogP contribution in [0.3, 0.4) is 0 Å². The monoisotopic (exact) mass is 402 g/mol. The predicted octanol–water partition coefficient (Wildman–Crippen LogP) is 5.94. The van der Waals surface area contributed by atoms with Crippen molar-refractivity contribution in [3.8, 4) is 0 Å². The molecular formula is C14H28Br2OS. The van der Waals surface area contributed by atoms with Crippen LogP contribution in [-0.4, -0.2) is 19.2 Å². The van der Waals surface area contributed by atoms with Gasteiger partial charge in [0.15, 0.2) is 0 Å². The van der Waals surface area contributed by atoms with Gasteiger partial charge in [0, 0.05) is 15.1 Å². The lowest BCUT2D eigenvalue weighted by atomic mass is 9.91. The molecule has 18 heavy (non-hydrogen) atoms. The maximum absolute atomic E-state index is 6.33. The number of thiol groups is 1. The molecule has 4 heteroatoms. The summed E-state index contributed by atoms with van der Waals surface area (Å²) in [4.78, 5) is -0.435.